The molecule has 3 rings (SSSR count). The predicted octanol–water partition coefficient (Wildman–Crippen LogP) is 4.89. The first kappa shape index (κ1) is 22.9. The number of carbonyl (C=O) groups is 1. The Morgan fingerprint density at radius 1 is 1.20 bits per heavy atom. The first-order chi connectivity index (χ1) is 14.2. The molecule has 1 aromatic heterocycles. The average Bonchev–Trinajstić information content (AvgIpc) is 2.97. The monoisotopic (exact) mass is 448 g/mol. The Labute approximate surface area is 189 Å². The summed E-state index contributed by atoms with van der Waals surface area (Å²) in [5.74, 6) is 0.0534. The van der Waals surface area contributed by atoms with E-state index in [9.17, 15) is 4.79 Å². The van der Waals surface area contributed by atoms with Gasteiger partial charge in [-0.2, -0.15) is 5.10 Å². The number of aryl methyl sites for hydroxylation is 1. The normalized spacial score (nSPS) is 15.3. The van der Waals surface area contributed by atoms with Gasteiger partial charge in [0.25, 0.3) is 0 Å². The van der Waals surface area contributed by atoms with Crippen molar-refractivity contribution in [3.63, 3.8) is 0 Å². The van der Waals surface area contributed by atoms with E-state index in [2.05, 4.69) is 35.2 Å². The van der Waals surface area contributed by atoms with E-state index in [1.165, 1.54) is 5.57 Å². The highest BCUT2D eigenvalue weighted by atomic mass is 35.5. The molecule has 0 bridgehead atoms. The maximum atomic E-state index is 12.7. The molecular formula is C23H30Cl2N4O. The third-order valence-corrected chi connectivity index (χ3v) is 6.38. The van der Waals surface area contributed by atoms with Crippen LogP contribution in [-0.4, -0.2) is 46.3 Å². The van der Waals surface area contributed by atoms with Crippen LogP contribution >= 0.6 is 23.2 Å². The number of nitrogens with one attached hydrogen (secondary N) is 1. The van der Waals surface area contributed by atoms with Crippen molar-refractivity contribution in [2.45, 2.75) is 53.0 Å². The zero-order chi connectivity index (χ0) is 21.8. The number of rotatable bonds is 6. The standard InChI is InChI=1S/C23H30Cl2N4O/c1-15(2)7-10-28-11-8-18(9-12-28)26-23(30)14-20-16(3)27-29(17(20)4)19-5-6-21(24)22(25)13-19/h5-7,13,18H,8-12,14H2,1-4H3,(H,26,30). The van der Waals surface area contributed by atoms with Crippen LogP contribution in [0.3, 0.4) is 0 Å². The van der Waals surface area contributed by atoms with Gasteiger partial charge in [-0.3, -0.25) is 9.69 Å². The van der Waals surface area contributed by atoms with E-state index >= 15 is 0 Å². The number of benzene rings is 1. The van der Waals surface area contributed by atoms with Gasteiger partial charge in [0.15, 0.2) is 0 Å². The highest BCUT2D eigenvalue weighted by molar-refractivity contribution is 6.42. The van der Waals surface area contributed by atoms with Gasteiger partial charge >= 0.3 is 0 Å². The first-order valence-corrected chi connectivity index (χ1v) is 11.2. The molecule has 5 nitrogen and oxygen atoms in total. The van der Waals surface area contributed by atoms with Crippen molar-refractivity contribution in [2.24, 2.45) is 0 Å². The summed E-state index contributed by atoms with van der Waals surface area (Å²) in [5.41, 5.74) is 4.93. The molecule has 0 radical (unpaired) electrons. The van der Waals surface area contributed by atoms with Crippen molar-refractivity contribution in [3.8, 4) is 5.69 Å². The van der Waals surface area contributed by atoms with Gasteiger partial charge < -0.3 is 5.32 Å². The molecule has 2 heterocycles. The largest absolute Gasteiger partial charge is 0.353 e. The summed E-state index contributed by atoms with van der Waals surface area (Å²) in [6, 6.07) is 5.66. The average molecular weight is 449 g/mol. The minimum Gasteiger partial charge on any atom is -0.353 e. The van der Waals surface area contributed by atoms with E-state index < -0.39 is 0 Å². The van der Waals surface area contributed by atoms with Gasteiger partial charge in [0, 0.05) is 36.9 Å². The molecule has 1 N–H and O–H groups in total. The van der Waals surface area contributed by atoms with Gasteiger partial charge in [0.2, 0.25) is 5.91 Å². The molecule has 1 aromatic carbocycles. The second kappa shape index (κ2) is 9.99. The van der Waals surface area contributed by atoms with E-state index in [1.54, 1.807) is 12.1 Å². The van der Waals surface area contributed by atoms with Crippen LogP contribution in [0, 0.1) is 13.8 Å². The number of likely N-dealkylation sites (tertiary alicyclic amines) is 1. The molecule has 7 heteroatoms. The van der Waals surface area contributed by atoms with E-state index in [0.717, 1.165) is 55.1 Å². The van der Waals surface area contributed by atoms with Crippen molar-refractivity contribution in [2.75, 3.05) is 19.6 Å². The number of nitrogens with zero attached hydrogens (tertiary/aromatic N) is 3. The van der Waals surface area contributed by atoms with E-state index in [4.69, 9.17) is 23.2 Å². The molecule has 0 spiro atoms. The maximum absolute atomic E-state index is 12.7. The molecule has 1 aliphatic rings. The minimum absolute atomic E-state index is 0.0534. The molecule has 1 amide bonds. The quantitative estimate of drug-likeness (QED) is 0.640. The highest BCUT2D eigenvalue weighted by Gasteiger charge is 2.22. The van der Waals surface area contributed by atoms with Gasteiger partial charge in [-0.05, 0) is 58.7 Å². The second-order valence-corrected chi connectivity index (χ2v) is 9.07. The Hall–Kier alpha value is -1.82. The van der Waals surface area contributed by atoms with Crippen LogP contribution in [-0.2, 0) is 11.2 Å². The van der Waals surface area contributed by atoms with Gasteiger partial charge in [-0.15, -0.1) is 0 Å². The van der Waals surface area contributed by atoms with Crippen molar-refractivity contribution >= 4 is 29.1 Å². The molecule has 0 unspecified atom stereocenters. The molecule has 1 saturated heterocycles. The zero-order valence-corrected chi connectivity index (χ0v) is 19.6. The van der Waals surface area contributed by atoms with Gasteiger partial charge in [-0.25, -0.2) is 4.68 Å². The van der Waals surface area contributed by atoms with E-state index in [-0.39, 0.29) is 11.9 Å². The van der Waals surface area contributed by atoms with Crippen molar-refractivity contribution in [3.05, 3.63) is 56.8 Å². The summed E-state index contributed by atoms with van der Waals surface area (Å²) in [7, 11) is 0. The third kappa shape index (κ3) is 5.65. The van der Waals surface area contributed by atoms with E-state index in [0.29, 0.717) is 16.5 Å². The fraction of sp³-hybridized carbons (Fsp3) is 0.478. The van der Waals surface area contributed by atoms with Crippen LogP contribution in [0.4, 0.5) is 0 Å². The summed E-state index contributed by atoms with van der Waals surface area (Å²) < 4.78 is 1.82. The Bertz CT molecular complexity index is 939. The topological polar surface area (TPSA) is 50.2 Å². The summed E-state index contributed by atoms with van der Waals surface area (Å²) >= 11 is 12.2. The number of allylic oxidation sites excluding steroid dienone is 1. The molecule has 0 atom stereocenters. The van der Waals surface area contributed by atoms with Gasteiger partial charge in [0.05, 0.1) is 27.8 Å². The van der Waals surface area contributed by atoms with Crippen molar-refractivity contribution < 1.29 is 4.79 Å². The molecule has 0 aliphatic carbocycles. The molecule has 1 fully saturated rings. The van der Waals surface area contributed by atoms with E-state index in [1.807, 2.05) is 24.6 Å². The smallest absolute Gasteiger partial charge is 0.224 e. The summed E-state index contributed by atoms with van der Waals surface area (Å²) in [5, 5.41) is 8.83. The Balaban J connectivity index is 1.60. The predicted molar refractivity (Wildman–Crippen MR) is 124 cm³/mol. The number of hydrogen-bond donors (Lipinski definition) is 1. The lowest BCUT2D eigenvalue weighted by Gasteiger charge is -2.31. The third-order valence-electron chi connectivity index (χ3n) is 5.64. The lowest BCUT2D eigenvalue weighted by atomic mass is 10.0. The number of halogens is 2. The van der Waals surface area contributed by atoms with Crippen molar-refractivity contribution in [1.82, 2.24) is 20.0 Å². The van der Waals surface area contributed by atoms with Crippen molar-refractivity contribution in [1.29, 1.82) is 0 Å². The van der Waals surface area contributed by atoms with Crippen LogP contribution in [0.25, 0.3) is 5.69 Å². The Kier molecular flexibility index (Phi) is 7.61. The SMILES string of the molecule is CC(C)=CCN1CCC(NC(=O)Cc2c(C)nn(-c3ccc(Cl)c(Cl)c3)c2C)CC1. The molecule has 0 saturated carbocycles. The lowest BCUT2D eigenvalue weighted by molar-refractivity contribution is -0.121. The number of carbonyl (C=O) groups excluding carboxylic acids is 1. The summed E-state index contributed by atoms with van der Waals surface area (Å²) in [4.78, 5) is 15.2. The molecule has 162 valence electrons. The number of piperidine rings is 1. The van der Waals surface area contributed by atoms with Crippen LogP contribution in [0.1, 0.15) is 43.6 Å². The Morgan fingerprint density at radius 2 is 1.90 bits per heavy atom. The zero-order valence-electron chi connectivity index (χ0n) is 18.1. The minimum atomic E-state index is 0.0534. The Morgan fingerprint density at radius 3 is 2.53 bits per heavy atom. The lowest BCUT2D eigenvalue weighted by Crippen LogP contribution is -2.45. The fourth-order valence-corrected chi connectivity index (χ4v) is 4.10. The second-order valence-electron chi connectivity index (χ2n) is 8.26. The summed E-state index contributed by atoms with van der Waals surface area (Å²) in [6.45, 7) is 11.2. The summed E-state index contributed by atoms with van der Waals surface area (Å²) in [6.07, 6.45) is 4.57. The first-order valence-electron chi connectivity index (χ1n) is 10.4. The van der Waals surface area contributed by atoms with Gasteiger partial charge in [-0.1, -0.05) is 34.9 Å². The van der Waals surface area contributed by atoms with Crippen LogP contribution in [0.5, 0.6) is 0 Å². The molecule has 30 heavy (non-hydrogen) atoms. The number of aromatic nitrogens is 2. The van der Waals surface area contributed by atoms with Gasteiger partial charge in [0.1, 0.15) is 0 Å². The van der Waals surface area contributed by atoms with Crippen LogP contribution < -0.4 is 5.32 Å². The molecule has 1 aliphatic heterocycles. The molecule has 2 aromatic rings. The molecular weight excluding hydrogens is 419 g/mol. The number of amides is 1. The van der Waals surface area contributed by atoms with Crippen LogP contribution in [0.15, 0.2) is 29.8 Å². The fourth-order valence-electron chi connectivity index (χ4n) is 3.81. The highest BCUT2D eigenvalue weighted by Crippen LogP contribution is 2.26. The number of hydrogen-bond acceptors (Lipinski definition) is 3. The van der Waals surface area contributed by atoms with Crippen LogP contribution in [0.2, 0.25) is 10.0 Å². The maximum Gasteiger partial charge on any atom is 0.224 e.